The average molecular weight is 368 g/mol. The van der Waals surface area contributed by atoms with Crippen LogP contribution in [0.2, 0.25) is 0 Å². The standard InChI is InChI=1S/C20H21N3S2/c1-13-4-5-14(2)18(10-13)23-20(24)21-11-16-6-8-17(9-7-16)19-12-25-15(3)22-19/h4-10,12H,11H2,1-3H3,(H2,21,23,24). The normalized spacial score (nSPS) is 10.5. The van der Waals surface area contributed by atoms with Crippen LogP contribution in [0.3, 0.4) is 0 Å². The van der Waals surface area contributed by atoms with E-state index in [-0.39, 0.29) is 0 Å². The number of aryl methyl sites for hydroxylation is 3. The number of nitrogens with zero attached hydrogens (tertiary/aromatic N) is 1. The first-order valence-electron chi connectivity index (χ1n) is 8.15. The van der Waals surface area contributed by atoms with Gasteiger partial charge in [-0.15, -0.1) is 11.3 Å². The lowest BCUT2D eigenvalue weighted by Gasteiger charge is -2.13. The van der Waals surface area contributed by atoms with Crippen LogP contribution in [0.5, 0.6) is 0 Å². The Balaban J connectivity index is 1.58. The summed E-state index contributed by atoms with van der Waals surface area (Å²) in [5.74, 6) is 0. The van der Waals surface area contributed by atoms with Crippen molar-refractivity contribution in [2.45, 2.75) is 27.3 Å². The van der Waals surface area contributed by atoms with Gasteiger partial charge in [-0.05, 0) is 55.7 Å². The van der Waals surface area contributed by atoms with Crippen molar-refractivity contribution in [2.24, 2.45) is 0 Å². The first-order valence-corrected chi connectivity index (χ1v) is 9.43. The van der Waals surface area contributed by atoms with Gasteiger partial charge >= 0.3 is 0 Å². The molecule has 0 aliphatic heterocycles. The van der Waals surface area contributed by atoms with Crippen LogP contribution < -0.4 is 10.6 Å². The molecule has 0 unspecified atom stereocenters. The van der Waals surface area contributed by atoms with Gasteiger partial charge in [0.05, 0.1) is 10.7 Å². The Morgan fingerprint density at radius 2 is 1.84 bits per heavy atom. The highest BCUT2D eigenvalue weighted by Gasteiger charge is 2.04. The second kappa shape index (κ2) is 7.76. The fourth-order valence-electron chi connectivity index (χ4n) is 2.51. The maximum Gasteiger partial charge on any atom is 0.171 e. The molecule has 2 aromatic carbocycles. The quantitative estimate of drug-likeness (QED) is 0.620. The molecule has 0 spiro atoms. The van der Waals surface area contributed by atoms with Crippen LogP contribution >= 0.6 is 23.6 Å². The van der Waals surface area contributed by atoms with Crippen LogP contribution in [0.25, 0.3) is 11.3 Å². The number of thiazole rings is 1. The van der Waals surface area contributed by atoms with Gasteiger partial charge in [0.2, 0.25) is 0 Å². The van der Waals surface area contributed by atoms with Gasteiger partial charge in [0.25, 0.3) is 0 Å². The van der Waals surface area contributed by atoms with Crippen LogP contribution in [-0.2, 0) is 6.54 Å². The summed E-state index contributed by atoms with van der Waals surface area (Å²) >= 11 is 7.08. The van der Waals surface area contributed by atoms with E-state index in [0.717, 1.165) is 22.0 Å². The molecule has 3 aromatic rings. The first kappa shape index (κ1) is 17.6. The molecule has 0 aliphatic rings. The third kappa shape index (κ3) is 4.65. The third-order valence-corrected chi connectivity index (χ3v) is 4.98. The van der Waals surface area contributed by atoms with Crippen molar-refractivity contribution in [1.82, 2.24) is 10.3 Å². The lowest BCUT2D eigenvalue weighted by molar-refractivity contribution is 0.926. The number of hydrogen-bond acceptors (Lipinski definition) is 3. The molecule has 3 rings (SSSR count). The third-order valence-electron chi connectivity index (χ3n) is 3.96. The number of thiocarbonyl (C=S) groups is 1. The van der Waals surface area contributed by atoms with Gasteiger partial charge in [-0.1, -0.05) is 36.4 Å². The minimum absolute atomic E-state index is 0.632. The smallest absolute Gasteiger partial charge is 0.171 e. The first-order chi connectivity index (χ1) is 12.0. The number of nitrogens with one attached hydrogen (secondary N) is 2. The maximum atomic E-state index is 5.41. The molecule has 3 nitrogen and oxygen atoms in total. The molecule has 0 amide bonds. The van der Waals surface area contributed by atoms with E-state index in [9.17, 15) is 0 Å². The van der Waals surface area contributed by atoms with Crippen molar-refractivity contribution in [2.75, 3.05) is 5.32 Å². The molecule has 1 heterocycles. The maximum absolute atomic E-state index is 5.41. The van der Waals surface area contributed by atoms with Crippen LogP contribution in [0, 0.1) is 20.8 Å². The SMILES string of the molecule is Cc1ccc(C)c(NC(=S)NCc2ccc(-c3csc(C)n3)cc2)c1. The predicted octanol–water partition coefficient (Wildman–Crippen LogP) is 5.22. The van der Waals surface area contributed by atoms with Crippen molar-refractivity contribution >= 4 is 34.4 Å². The Morgan fingerprint density at radius 3 is 2.52 bits per heavy atom. The summed E-state index contributed by atoms with van der Waals surface area (Å²) in [6.07, 6.45) is 0. The van der Waals surface area contributed by atoms with Gasteiger partial charge in [-0.3, -0.25) is 0 Å². The summed E-state index contributed by atoms with van der Waals surface area (Å²) in [5.41, 5.74) is 6.80. The van der Waals surface area contributed by atoms with Gasteiger partial charge < -0.3 is 10.6 Å². The molecule has 0 saturated carbocycles. The van der Waals surface area contributed by atoms with Crippen LogP contribution in [0.4, 0.5) is 5.69 Å². The zero-order chi connectivity index (χ0) is 17.8. The van der Waals surface area contributed by atoms with Gasteiger partial charge in [0.1, 0.15) is 0 Å². The monoisotopic (exact) mass is 367 g/mol. The highest BCUT2D eigenvalue weighted by Crippen LogP contribution is 2.22. The Hall–Kier alpha value is -2.24. The molecular weight excluding hydrogens is 346 g/mol. The fourth-order valence-corrected chi connectivity index (χ4v) is 3.31. The lowest BCUT2D eigenvalue weighted by atomic mass is 10.1. The second-order valence-electron chi connectivity index (χ2n) is 6.07. The molecule has 0 bridgehead atoms. The Kier molecular flexibility index (Phi) is 5.46. The molecule has 25 heavy (non-hydrogen) atoms. The van der Waals surface area contributed by atoms with E-state index in [4.69, 9.17) is 12.2 Å². The van der Waals surface area contributed by atoms with Crippen molar-refractivity contribution in [3.05, 3.63) is 69.5 Å². The van der Waals surface area contributed by atoms with Crippen molar-refractivity contribution in [1.29, 1.82) is 0 Å². The largest absolute Gasteiger partial charge is 0.358 e. The zero-order valence-corrected chi connectivity index (χ0v) is 16.2. The highest BCUT2D eigenvalue weighted by molar-refractivity contribution is 7.80. The molecular formula is C20H21N3S2. The molecule has 2 N–H and O–H groups in total. The number of aromatic nitrogens is 1. The summed E-state index contributed by atoms with van der Waals surface area (Å²) in [5, 5.41) is 10.3. The zero-order valence-electron chi connectivity index (χ0n) is 14.6. The van der Waals surface area contributed by atoms with E-state index >= 15 is 0 Å². The van der Waals surface area contributed by atoms with E-state index < -0.39 is 0 Å². The molecule has 0 atom stereocenters. The van der Waals surface area contributed by atoms with Gasteiger partial charge in [-0.2, -0.15) is 0 Å². The Morgan fingerprint density at radius 1 is 1.08 bits per heavy atom. The minimum Gasteiger partial charge on any atom is -0.358 e. The van der Waals surface area contributed by atoms with Crippen molar-refractivity contribution in [3.63, 3.8) is 0 Å². The summed E-state index contributed by atoms with van der Waals surface area (Å²) in [6.45, 7) is 6.86. The number of anilines is 1. The van der Waals surface area contributed by atoms with Crippen LogP contribution in [0.15, 0.2) is 47.8 Å². The number of rotatable bonds is 4. The Labute approximate surface area is 158 Å². The van der Waals surface area contributed by atoms with Crippen LogP contribution in [0.1, 0.15) is 21.7 Å². The predicted molar refractivity (Wildman–Crippen MR) is 111 cm³/mol. The molecule has 0 saturated heterocycles. The van der Waals surface area contributed by atoms with Gasteiger partial charge in [0, 0.05) is 23.2 Å². The van der Waals surface area contributed by atoms with E-state index in [0.29, 0.717) is 11.7 Å². The topological polar surface area (TPSA) is 37.0 Å². The summed E-state index contributed by atoms with van der Waals surface area (Å²) in [4.78, 5) is 4.52. The van der Waals surface area contributed by atoms with Crippen molar-refractivity contribution in [3.8, 4) is 11.3 Å². The van der Waals surface area contributed by atoms with E-state index in [1.165, 1.54) is 16.7 Å². The minimum atomic E-state index is 0.632. The van der Waals surface area contributed by atoms with E-state index in [1.807, 2.05) is 6.92 Å². The Bertz CT molecular complexity index is 882. The van der Waals surface area contributed by atoms with E-state index in [2.05, 4.69) is 77.3 Å². The molecule has 5 heteroatoms. The van der Waals surface area contributed by atoms with Gasteiger partial charge in [0.15, 0.2) is 5.11 Å². The summed E-state index contributed by atoms with van der Waals surface area (Å²) in [6, 6.07) is 14.7. The number of benzene rings is 2. The fraction of sp³-hybridized carbons (Fsp3) is 0.200. The van der Waals surface area contributed by atoms with Crippen molar-refractivity contribution < 1.29 is 0 Å². The number of hydrogen-bond donors (Lipinski definition) is 2. The summed E-state index contributed by atoms with van der Waals surface area (Å²) < 4.78 is 0. The van der Waals surface area contributed by atoms with Crippen LogP contribution in [-0.4, -0.2) is 10.1 Å². The molecule has 0 aliphatic carbocycles. The molecule has 1 aromatic heterocycles. The summed E-state index contributed by atoms with van der Waals surface area (Å²) in [7, 11) is 0. The van der Waals surface area contributed by atoms with Gasteiger partial charge in [-0.25, -0.2) is 4.98 Å². The highest BCUT2D eigenvalue weighted by atomic mass is 32.1. The average Bonchev–Trinajstić information content (AvgIpc) is 3.03. The van der Waals surface area contributed by atoms with E-state index in [1.54, 1.807) is 11.3 Å². The lowest BCUT2D eigenvalue weighted by Crippen LogP contribution is -2.28. The molecule has 0 fully saturated rings. The molecule has 0 radical (unpaired) electrons. The molecule has 128 valence electrons. The second-order valence-corrected chi connectivity index (χ2v) is 7.55.